The van der Waals surface area contributed by atoms with Crippen molar-refractivity contribution in [1.29, 1.82) is 0 Å². The molecule has 96 valence electrons. The summed E-state index contributed by atoms with van der Waals surface area (Å²) in [4.78, 5) is 32.0. The number of amides is 1. The number of fused-ring (bicyclic) bond motifs is 1. The van der Waals surface area contributed by atoms with Gasteiger partial charge in [0.2, 0.25) is 5.82 Å². The first-order valence-electron chi connectivity index (χ1n) is 5.22. The van der Waals surface area contributed by atoms with Crippen molar-refractivity contribution in [3.05, 3.63) is 39.2 Å². The van der Waals surface area contributed by atoms with E-state index in [-0.39, 0.29) is 11.5 Å². The Morgan fingerprint density at radius 3 is 2.68 bits per heavy atom. The van der Waals surface area contributed by atoms with Crippen molar-refractivity contribution in [3.63, 3.8) is 0 Å². The van der Waals surface area contributed by atoms with E-state index in [0.717, 1.165) is 0 Å². The molecule has 3 rings (SSSR count). The minimum Gasteiger partial charge on any atom is -0.318 e. The second kappa shape index (κ2) is 4.35. The van der Waals surface area contributed by atoms with Crippen LogP contribution in [0, 0.1) is 0 Å². The number of carbonyl (C=O) groups excluding carboxylic acids is 1. The van der Waals surface area contributed by atoms with E-state index in [0.29, 0.717) is 21.2 Å². The molecule has 0 unspecified atom stereocenters. The molecule has 0 fully saturated rings. The first kappa shape index (κ1) is 11.7. The average molecular weight is 323 g/mol. The van der Waals surface area contributed by atoms with Crippen LogP contribution in [-0.4, -0.2) is 31.1 Å². The summed E-state index contributed by atoms with van der Waals surface area (Å²) in [5, 5.41) is 8.72. The molecule has 0 spiro atoms. The molecule has 0 aliphatic carbocycles. The van der Waals surface area contributed by atoms with E-state index in [1.165, 1.54) is 6.33 Å². The van der Waals surface area contributed by atoms with E-state index in [4.69, 9.17) is 0 Å². The number of rotatable bonds is 2. The quantitative estimate of drug-likeness (QED) is 0.562. The molecule has 0 saturated heterocycles. The number of nitrogens with one attached hydrogen (secondary N) is 4. The van der Waals surface area contributed by atoms with Crippen molar-refractivity contribution in [3.8, 4) is 0 Å². The van der Waals surface area contributed by atoms with Gasteiger partial charge in [-0.3, -0.25) is 9.89 Å². The molecular formula is C10H7BrN6O2. The maximum Gasteiger partial charge on any atom is 0.323 e. The topological polar surface area (TPSA) is 119 Å². The molecule has 4 N–H and O–H groups in total. The Bertz CT molecular complexity index is 803. The normalized spacial score (nSPS) is 10.8. The molecule has 2 aromatic heterocycles. The Labute approximate surface area is 113 Å². The number of H-pyrrole nitrogens is 3. The Balaban J connectivity index is 1.98. The summed E-state index contributed by atoms with van der Waals surface area (Å²) >= 11 is 3.32. The molecule has 1 amide bonds. The molecule has 1 aromatic carbocycles. The number of anilines is 1. The Kier molecular flexibility index (Phi) is 2.67. The third-order valence-electron chi connectivity index (χ3n) is 2.48. The molecule has 9 heteroatoms. The summed E-state index contributed by atoms with van der Waals surface area (Å²) in [5.74, 6) is -0.315. The van der Waals surface area contributed by atoms with E-state index in [9.17, 15) is 9.59 Å². The lowest BCUT2D eigenvalue weighted by atomic mass is 10.2. The van der Waals surface area contributed by atoms with Crippen LogP contribution in [0.2, 0.25) is 0 Å². The fourth-order valence-electron chi connectivity index (χ4n) is 1.65. The van der Waals surface area contributed by atoms with Crippen LogP contribution in [0.1, 0.15) is 10.6 Å². The third-order valence-corrected chi connectivity index (χ3v) is 3.14. The van der Waals surface area contributed by atoms with Gasteiger partial charge < -0.3 is 15.3 Å². The zero-order valence-corrected chi connectivity index (χ0v) is 10.9. The SMILES string of the molecule is O=C(Nc1cc2[nH]c(=O)[nH]c2cc1Br)c1ncn[nH]1. The van der Waals surface area contributed by atoms with Crippen LogP contribution in [0.3, 0.4) is 0 Å². The molecular weight excluding hydrogens is 316 g/mol. The first-order chi connectivity index (χ1) is 9.13. The molecule has 0 radical (unpaired) electrons. The molecule has 0 saturated carbocycles. The molecule has 19 heavy (non-hydrogen) atoms. The summed E-state index contributed by atoms with van der Waals surface area (Å²) in [5.41, 5.74) is 1.46. The van der Waals surface area contributed by atoms with Gasteiger partial charge in [-0.1, -0.05) is 0 Å². The molecule has 0 atom stereocenters. The number of aromatic amines is 3. The number of hydrogen-bond donors (Lipinski definition) is 4. The highest BCUT2D eigenvalue weighted by atomic mass is 79.9. The number of benzene rings is 1. The smallest absolute Gasteiger partial charge is 0.318 e. The van der Waals surface area contributed by atoms with Crippen LogP contribution in [-0.2, 0) is 0 Å². The van der Waals surface area contributed by atoms with E-state index in [1.807, 2.05) is 0 Å². The number of aromatic nitrogens is 5. The standard InChI is InChI=1S/C10H7BrN6O2/c11-4-1-6-7(16-10(19)15-6)2-5(4)14-9(18)8-12-3-13-17-8/h1-3H,(H,14,18)(H,12,13,17)(H2,15,16,19). The summed E-state index contributed by atoms with van der Waals surface area (Å²) in [6.45, 7) is 0. The van der Waals surface area contributed by atoms with Crippen molar-refractivity contribution in [1.82, 2.24) is 25.1 Å². The van der Waals surface area contributed by atoms with E-state index < -0.39 is 5.91 Å². The van der Waals surface area contributed by atoms with Crippen molar-refractivity contribution >= 4 is 38.6 Å². The van der Waals surface area contributed by atoms with Gasteiger partial charge in [-0.25, -0.2) is 9.78 Å². The maximum atomic E-state index is 11.8. The number of halogens is 1. The van der Waals surface area contributed by atoms with Crippen LogP contribution >= 0.6 is 15.9 Å². The highest BCUT2D eigenvalue weighted by Crippen LogP contribution is 2.26. The monoisotopic (exact) mass is 322 g/mol. The van der Waals surface area contributed by atoms with E-state index in [2.05, 4.69) is 46.4 Å². The van der Waals surface area contributed by atoms with E-state index in [1.54, 1.807) is 12.1 Å². The van der Waals surface area contributed by atoms with E-state index >= 15 is 0 Å². The lowest BCUT2D eigenvalue weighted by Gasteiger charge is -2.05. The molecule has 8 nitrogen and oxygen atoms in total. The van der Waals surface area contributed by atoms with Crippen molar-refractivity contribution in [2.45, 2.75) is 0 Å². The summed E-state index contributed by atoms with van der Waals surface area (Å²) < 4.78 is 0.642. The minimum absolute atomic E-state index is 0.106. The molecule has 2 heterocycles. The Hall–Kier alpha value is -2.42. The number of nitrogens with zero attached hydrogens (tertiary/aromatic N) is 2. The first-order valence-corrected chi connectivity index (χ1v) is 6.01. The van der Waals surface area contributed by atoms with Gasteiger partial charge in [-0.2, -0.15) is 5.10 Å². The molecule has 3 aromatic rings. The van der Waals surface area contributed by atoms with Crippen LogP contribution in [0.15, 0.2) is 27.7 Å². The summed E-state index contributed by atoms with van der Waals surface area (Å²) in [7, 11) is 0. The predicted octanol–water partition coefficient (Wildman–Crippen LogP) is 0.989. The van der Waals surface area contributed by atoms with Gasteiger partial charge in [0.15, 0.2) is 0 Å². The summed E-state index contributed by atoms with van der Waals surface area (Å²) in [6, 6.07) is 3.34. The maximum absolute atomic E-state index is 11.8. The molecule has 0 aliphatic heterocycles. The van der Waals surface area contributed by atoms with Gasteiger partial charge in [0.05, 0.1) is 16.7 Å². The number of imidazole rings is 1. The largest absolute Gasteiger partial charge is 0.323 e. The van der Waals surface area contributed by atoms with Crippen molar-refractivity contribution in [2.75, 3.05) is 5.32 Å². The molecule has 0 bridgehead atoms. The van der Waals surface area contributed by atoms with Gasteiger partial charge in [-0.15, -0.1) is 0 Å². The van der Waals surface area contributed by atoms with Crippen LogP contribution in [0.5, 0.6) is 0 Å². The zero-order valence-electron chi connectivity index (χ0n) is 9.32. The predicted molar refractivity (Wildman–Crippen MR) is 71.0 cm³/mol. The second-order valence-corrected chi connectivity index (χ2v) is 4.60. The number of carbonyl (C=O) groups is 1. The van der Waals surface area contributed by atoms with Crippen molar-refractivity contribution < 1.29 is 4.79 Å². The minimum atomic E-state index is -0.421. The van der Waals surface area contributed by atoms with Gasteiger partial charge in [0.25, 0.3) is 5.91 Å². The lowest BCUT2D eigenvalue weighted by molar-refractivity contribution is 0.101. The zero-order chi connectivity index (χ0) is 13.4. The Morgan fingerprint density at radius 2 is 2.00 bits per heavy atom. The summed E-state index contributed by atoms with van der Waals surface area (Å²) in [6.07, 6.45) is 1.25. The highest BCUT2D eigenvalue weighted by molar-refractivity contribution is 9.10. The third kappa shape index (κ3) is 2.15. The fraction of sp³-hybridized carbons (Fsp3) is 0. The van der Waals surface area contributed by atoms with Gasteiger partial charge in [0.1, 0.15) is 6.33 Å². The second-order valence-electron chi connectivity index (χ2n) is 3.74. The lowest BCUT2D eigenvalue weighted by Crippen LogP contribution is -2.14. The van der Waals surface area contributed by atoms with Gasteiger partial charge in [-0.05, 0) is 28.1 Å². The van der Waals surface area contributed by atoms with Crippen LogP contribution in [0.25, 0.3) is 11.0 Å². The van der Waals surface area contributed by atoms with Crippen LogP contribution in [0.4, 0.5) is 5.69 Å². The Morgan fingerprint density at radius 1 is 1.26 bits per heavy atom. The van der Waals surface area contributed by atoms with Crippen molar-refractivity contribution in [2.24, 2.45) is 0 Å². The molecule has 0 aliphatic rings. The average Bonchev–Trinajstić information content (AvgIpc) is 2.97. The fourth-order valence-corrected chi connectivity index (χ4v) is 2.09. The van der Waals surface area contributed by atoms with Crippen LogP contribution < -0.4 is 11.0 Å². The van der Waals surface area contributed by atoms with Gasteiger partial charge >= 0.3 is 5.69 Å². The van der Waals surface area contributed by atoms with Gasteiger partial charge in [0, 0.05) is 4.47 Å². The number of hydrogen-bond acceptors (Lipinski definition) is 4. The highest BCUT2D eigenvalue weighted by Gasteiger charge is 2.12.